The van der Waals surface area contributed by atoms with Gasteiger partial charge in [0.1, 0.15) is 0 Å². The third kappa shape index (κ3) is 5.01. The Morgan fingerprint density at radius 1 is 1.12 bits per heavy atom. The van der Waals surface area contributed by atoms with E-state index in [-0.39, 0.29) is 10.8 Å². The topological polar surface area (TPSA) is 66.5 Å². The summed E-state index contributed by atoms with van der Waals surface area (Å²) in [4.78, 5) is 12.2. The number of rotatable bonds is 6. The number of nitrogens with one attached hydrogen (secondary N) is 1. The molecule has 0 fully saturated rings. The monoisotopic (exact) mass is 358 g/mol. The molecule has 0 radical (unpaired) electrons. The molecule has 0 spiro atoms. The molecule has 2 aromatic carbocycles. The SMILES string of the molecule is CCc1ccc(/C=C/C(=O)Nc2cccc(S(=O)(=O)N(C)C)c2)cc1. The first-order valence-corrected chi connectivity index (χ1v) is 9.37. The Labute approximate surface area is 149 Å². The highest BCUT2D eigenvalue weighted by Crippen LogP contribution is 2.18. The number of carbonyl (C=O) groups is 1. The molecule has 0 unspecified atom stereocenters. The van der Waals surface area contributed by atoms with Crippen molar-refractivity contribution in [2.24, 2.45) is 0 Å². The van der Waals surface area contributed by atoms with Gasteiger partial charge in [-0.15, -0.1) is 0 Å². The van der Waals surface area contributed by atoms with Gasteiger partial charge in [0, 0.05) is 25.9 Å². The predicted octanol–water partition coefficient (Wildman–Crippen LogP) is 3.15. The smallest absolute Gasteiger partial charge is 0.248 e. The lowest BCUT2D eigenvalue weighted by atomic mass is 10.1. The fourth-order valence-corrected chi connectivity index (χ4v) is 3.11. The molecule has 0 heterocycles. The van der Waals surface area contributed by atoms with E-state index in [1.165, 1.54) is 37.9 Å². The van der Waals surface area contributed by atoms with E-state index in [9.17, 15) is 13.2 Å². The van der Waals surface area contributed by atoms with Crippen molar-refractivity contribution in [1.29, 1.82) is 0 Å². The molecule has 0 saturated carbocycles. The molecule has 2 aromatic rings. The molecule has 0 aliphatic rings. The number of amides is 1. The van der Waals surface area contributed by atoms with E-state index in [0.717, 1.165) is 16.3 Å². The fraction of sp³-hybridized carbons (Fsp3) is 0.211. The van der Waals surface area contributed by atoms with Crippen LogP contribution in [-0.4, -0.2) is 32.7 Å². The van der Waals surface area contributed by atoms with Crippen molar-refractivity contribution in [2.75, 3.05) is 19.4 Å². The molecule has 25 heavy (non-hydrogen) atoms. The van der Waals surface area contributed by atoms with E-state index in [1.54, 1.807) is 18.2 Å². The largest absolute Gasteiger partial charge is 0.322 e. The average Bonchev–Trinajstić information content (AvgIpc) is 2.60. The Bertz CT molecular complexity index is 870. The van der Waals surface area contributed by atoms with Crippen LogP contribution in [-0.2, 0) is 21.2 Å². The lowest BCUT2D eigenvalue weighted by Crippen LogP contribution is -2.22. The third-order valence-corrected chi connectivity index (χ3v) is 5.51. The first-order valence-electron chi connectivity index (χ1n) is 7.93. The predicted molar refractivity (Wildman–Crippen MR) is 101 cm³/mol. The van der Waals surface area contributed by atoms with Crippen molar-refractivity contribution in [3.8, 4) is 0 Å². The molecule has 0 aromatic heterocycles. The average molecular weight is 358 g/mol. The van der Waals surface area contributed by atoms with Crippen LogP contribution < -0.4 is 5.32 Å². The molecule has 0 aliphatic heterocycles. The molecule has 0 saturated heterocycles. The van der Waals surface area contributed by atoms with Crippen LogP contribution >= 0.6 is 0 Å². The van der Waals surface area contributed by atoms with E-state index in [0.29, 0.717) is 5.69 Å². The molecule has 132 valence electrons. The van der Waals surface area contributed by atoms with Gasteiger partial charge < -0.3 is 5.32 Å². The van der Waals surface area contributed by atoms with Gasteiger partial charge >= 0.3 is 0 Å². The second kappa shape index (κ2) is 8.09. The Kier molecular flexibility index (Phi) is 6.12. The Balaban J connectivity index is 2.09. The molecule has 0 atom stereocenters. The lowest BCUT2D eigenvalue weighted by molar-refractivity contribution is -0.111. The normalized spacial score (nSPS) is 11.8. The molecule has 0 bridgehead atoms. The zero-order valence-corrected chi connectivity index (χ0v) is 15.4. The van der Waals surface area contributed by atoms with Crippen LogP contribution in [0.2, 0.25) is 0 Å². The number of aryl methyl sites for hydroxylation is 1. The maximum absolute atomic E-state index is 12.1. The Morgan fingerprint density at radius 3 is 2.40 bits per heavy atom. The number of carbonyl (C=O) groups excluding carboxylic acids is 1. The summed E-state index contributed by atoms with van der Waals surface area (Å²) in [5, 5.41) is 2.68. The Morgan fingerprint density at radius 2 is 1.80 bits per heavy atom. The quantitative estimate of drug-likeness (QED) is 0.807. The number of benzene rings is 2. The van der Waals surface area contributed by atoms with Crippen LogP contribution in [0.3, 0.4) is 0 Å². The van der Waals surface area contributed by atoms with Crippen LogP contribution in [0.15, 0.2) is 59.5 Å². The third-order valence-electron chi connectivity index (χ3n) is 3.70. The van der Waals surface area contributed by atoms with Gasteiger partial charge in [0.25, 0.3) is 0 Å². The highest BCUT2D eigenvalue weighted by Gasteiger charge is 2.17. The van der Waals surface area contributed by atoms with Crippen molar-refractivity contribution in [2.45, 2.75) is 18.2 Å². The summed E-state index contributed by atoms with van der Waals surface area (Å²) in [7, 11) is -0.602. The van der Waals surface area contributed by atoms with Crippen LogP contribution in [0, 0.1) is 0 Å². The van der Waals surface area contributed by atoms with Gasteiger partial charge in [0.2, 0.25) is 15.9 Å². The molecule has 2 rings (SSSR count). The van der Waals surface area contributed by atoms with Crippen LogP contribution in [0.1, 0.15) is 18.1 Å². The summed E-state index contributed by atoms with van der Waals surface area (Å²) >= 11 is 0. The van der Waals surface area contributed by atoms with E-state index < -0.39 is 10.0 Å². The highest BCUT2D eigenvalue weighted by molar-refractivity contribution is 7.89. The van der Waals surface area contributed by atoms with E-state index in [1.807, 2.05) is 24.3 Å². The van der Waals surface area contributed by atoms with E-state index >= 15 is 0 Å². The summed E-state index contributed by atoms with van der Waals surface area (Å²) in [6, 6.07) is 14.1. The molecule has 1 amide bonds. The zero-order valence-electron chi connectivity index (χ0n) is 14.6. The van der Waals surface area contributed by atoms with Gasteiger partial charge in [-0.1, -0.05) is 37.3 Å². The molecular formula is C19H22N2O3S. The van der Waals surface area contributed by atoms with Crippen LogP contribution in [0.25, 0.3) is 6.08 Å². The van der Waals surface area contributed by atoms with Gasteiger partial charge in [-0.2, -0.15) is 0 Å². The van der Waals surface area contributed by atoms with Crippen LogP contribution in [0.5, 0.6) is 0 Å². The minimum Gasteiger partial charge on any atom is -0.322 e. The molecule has 0 aliphatic carbocycles. The fourth-order valence-electron chi connectivity index (χ4n) is 2.17. The van der Waals surface area contributed by atoms with Crippen LogP contribution in [0.4, 0.5) is 5.69 Å². The zero-order chi connectivity index (χ0) is 18.4. The van der Waals surface area contributed by atoms with Crippen molar-refractivity contribution in [1.82, 2.24) is 4.31 Å². The lowest BCUT2D eigenvalue weighted by Gasteiger charge is -2.12. The van der Waals surface area contributed by atoms with Crippen molar-refractivity contribution in [3.05, 3.63) is 65.7 Å². The summed E-state index contributed by atoms with van der Waals surface area (Å²) in [5.74, 6) is -0.320. The number of sulfonamides is 1. The number of hydrogen-bond donors (Lipinski definition) is 1. The maximum Gasteiger partial charge on any atom is 0.248 e. The van der Waals surface area contributed by atoms with Gasteiger partial charge in [-0.25, -0.2) is 12.7 Å². The second-order valence-electron chi connectivity index (χ2n) is 5.73. The number of nitrogens with zero attached hydrogens (tertiary/aromatic N) is 1. The summed E-state index contributed by atoms with van der Waals surface area (Å²) < 4.78 is 25.4. The second-order valence-corrected chi connectivity index (χ2v) is 7.88. The Hall–Kier alpha value is -2.44. The van der Waals surface area contributed by atoms with Gasteiger partial charge in [0.05, 0.1) is 4.90 Å². The first kappa shape index (κ1) is 18.9. The molecule has 1 N–H and O–H groups in total. The maximum atomic E-state index is 12.1. The summed E-state index contributed by atoms with van der Waals surface area (Å²) in [6.07, 6.45) is 4.11. The highest BCUT2D eigenvalue weighted by atomic mass is 32.2. The standard InChI is InChI=1S/C19H22N2O3S/c1-4-15-8-10-16(11-9-15)12-13-19(22)20-17-6-5-7-18(14-17)25(23,24)21(2)3/h5-14H,4H2,1-3H3,(H,20,22)/b13-12+. The summed E-state index contributed by atoms with van der Waals surface area (Å²) in [6.45, 7) is 2.09. The van der Waals surface area contributed by atoms with Crippen molar-refractivity contribution in [3.63, 3.8) is 0 Å². The van der Waals surface area contributed by atoms with Crippen molar-refractivity contribution >= 4 is 27.7 Å². The molecular weight excluding hydrogens is 336 g/mol. The minimum absolute atomic E-state index is 0.134. The molecule has 6 heteroatoms. The van der Waals surface area contributed by atoms with E-state index in [4.69, 9.17) is 0 Å². The van der Waals surface area contributed by atoms with E-state index in [2.05, 4.69) is 12.2 Å². The number of anilines is 1. The van der Waals surface area contributed by atoms with Crippen molar-refractivity contribution < 1.29 is 13.2 Å². The molecule has 5 nitrogen and oxygen atoms in total. The van der Waals surface area contributed by atoms with Gasteiger partial charge in [-0.3, -0.25) is 4.79 Å². The summed E-state index contributed by atoms with van der Waals surface area (Å²) in [5.41, 5.74) is 2.59. The van der Waals surface area contributed by atoms with Gasteiger partial charge in [0.15, 0.2) is 0 Å². The first-order chi connectivity index (χ1) is 11.8. The minimum atomic E-state index is -3.53. The van der Waals surface area contributed by atoms with Gasteiger partial charge in [-0.05, 0) is 41.8 Å². The number of hydrogen-bond acceptors (Lipinski definition) is 3.